The number of nitrogens with two attached hydrogens (primary N) is 1. The first kappa shape index (κ1) is 13.2. The van der Waals surface area contributed by atoms with Gasteiger partial charge in [0.2, 0.25) is 0 Å². The van der Waals surface area contributed by atoms with E-state index in [1.165, 1.54) is 0 Å². The highest BCUT2D eigenvalue weighted by atomic mass is 35.5. The zero-order valence-corrected chi connectivity index (χ0v) is 11.7. The van der Waals surface area contributed by atoms with Gasteiger partial charge in [0, 0.05) is 18.6 Å². The molecule has 17 heavy (non-hydrogen) atoms. The van der Waals surface area contributed by atoms with Crippen LogP contribution in [0.2, 0.25) is 10.0 Å². The van der Waals surface area contributed by atoms with Crippen LogP contribution in [0, 0.1) is 0 Å². The Balaban J connectivity index is 2.33. The van der Waals surface area contributed by atoms with Crippen LogP contribution in [0.4, 0.5) is 0 Å². The first-order valence-electron chi connectivity index (χ1n) is 5.97. The highest BCUT2D eigenvalue weighted by molar-refractivity contribution is 6.42. The lowest BCUT2D eigenvalue weighted by Gasteiger charge is -2.30. The van der Waals surface area contributed by atoms with Gasteiger partial charge in [0.05, 0.1) is 16.1 Å². The Kier molecular flexibility index (Phi) is 3.99. The summed E-state index contributed by atoms with van der Waals surface area (Å²) in [5, 5.41) is 1.20. The fraction of sp³-hybridized carbons (Fsp3) is 0.538. The highest BCUT2D eigenvalue weighted by Gasteiger charge is 2.34. The molecule has 0 bridgehead atoms. The van der Waals surface area contributed by atoms with Gasteiger partial charge >= 0.3 is 0 Å². The van der Waals surface area contributed by atoms with E-state index in [4.69, 9.17) is 28.9 Å². The van der Waals surface area contributed by atoms with E-state index in [0.717, 1.165) is 18.5 Å². The Morgan fingerprint density at radius 3 is 2.59 bits per heavy atom. The Hall–Kier alpha value is -0.280. The zero-order valence-electron chi connectivity index (χ0n) is 10.2. The molecule has 1 aromatic carbocycles. The Morgan fingerprint density at radius 1 is 1.29 bits per heavy atom. The second-order valence-electron chi connectivity index (χ2n) is 4.90. The number of likely N-dealkylation sites (tertiary alicyclic amines) is 1. The van der Waals surface area contributed by atoms with Gasteiger partial charge in [-0.25, -0.2) is 0 Å². The smallest absolute Gasteiger partial charge is 0.0595 e. The monoisotopic (exact) mass is 272 g/mol. The van der Waals surface area contributed by atoms with Crippen LogP contribution in [-0.2, 0) is 0 Å². The summed E-state index contributed by atoms with van der Waals surface area (Å²) >= 11 is 12.0. The van der Waals surface area contributed by atoms with Crippen molar-refractivity contribution in [2.75, 3.05) is 6.54 Å². The van der Waals surface area contributed by atoms with Crippen LogP contribution in [-0.4, -0.2) is 23.5 Å². The van der Waals surface area contributed by atoms with E-state index in [1.54, 1.807) is 0 Å². The van der Waals surface area contributed by atoms with Gasteiger partial charge in [-0.15, -0.1) is 0 Å². The normalized spacial score (nSPS) is 25.8. The van der Waals surface area contributed by atoms with Crippen molar-refractivity contribution in [3.8, 4) is 0 Å². The van der Waals surface area contributed by atoms with Crippen LogP contribution < -0.4 is 5.73 Å². The molecule has 1 fully saturated rings. The van der Waals surface area contributed by atoms with E-state index in [9.17, 15) is 0 Å². The second kappa shape index (κ2) is 5.15. The van der Waals surface area contributed by atoms with Crippen LogP contribution in [0.15, 0.2) is 18.2 Å². The van der Waals surface area contributed by atoms with Crippen molar-refractivity contribution in [1.82, 2.24) is 4.90 Å². The summed E-state index contributed by atoms with van der Waals surface area (Å²) < 4.78 is 0. The van der Waals surface area contributed by atoms with Crippen molar-refractivity contribution >= 4 is 23.2 Å². The highest BCUT2D eigenvalue weighted by Crippen LogP contribution is 2.35. The molecule has 2 unspecified atom stereocenters. The maximum absolute atomic E-state index is 6.21. The maximum Gasteiger partial charge on any atom is 0.0595 e. The summed E-state index contributed by atoms with van der Waals surface area (Å²) in [6, 6.07) is 6.74. The van der Waals surface area contributed by atoms with Crippen LogP contribution in [0.5, 0.6) is 0 Å². The number of benzene rings is 1. The van der Waals surface area contributed by atoms with Gasteiger partial charge in [-0.05, 0) is 38.0 Å². The SMILES string of the molecule is CC(C)N1CCC(N)C1c1ccc(Cl)c(Cl)c1. The molecule has 1 heterocycles. The Morgan fingerprint density at radius 2 is 2.00 bits per heavy atom. The molecule has 1 aliphatic heterocycles. The van der Waals surface area contributed by atoms with Crippen molar-refractivity contribution in [3.05, 3.63) is 33.8 Å². The van der Waals surface area contributed by atoms with Gasteiger partial charge in [0.1, 0.15) is 0 Å². The lowest BCUT2D eigenvalue weighted by molar-refractivity contribution is 0.198. The van der Waals surface area contributed by atoms with Crippen molar-refractivity contribution < 1.29 is 0 Å². The number of hydrogen-bond donors (Lipinski definition) is 1. The standard InChI is InChI=1S/C13H18Cl2N2/c1-8(2)17-6-5-12(16)13(17)9-3-4-10(14)11(15)7-9/h3-4,7-8,12-13H,5-6,16H2,1-2H3. The van der Waals surface area contributed by atoms with Crippen LogP contribution in [0.25, 0.3) is 0 Å². The minimum Gasteiger partial charge on any atom is -0.326 e. The number of rotatable bonds is 2. The average Bonchev–Trinajstić information content (AvgIpc) is 2.64. The molecule has 2 atom stereocenters. The summed E-state index contributed by atoms with van der Waals surface area (Å²) in [6.45, 7) is 5.44. The Labute approximate surface area is 113 Å². The van der Waals surface area contributed by atoms with Crippen molar-refractivity contribution in [1.29, 1.82) is 0 Å². The third kappa shape index (κ3) is 2.60. The molecule has 4 heteroatoms. The molecular weight excluding hydrogens is 255 g/mol. The molecule has 0 aromatic heterocycles. The summed E-state index contributed by atoms with van der Waals surface area (Å²) in [5.41, 5.74) is 7.37. The molecule has 1 aliphatic rings. The van der Waals surface area contributed by atoms with E-state index < -0.39 is 0 Å². The first-order valence-corrected chi connectivity index (χ1v) is 6.72. The molecule has 1 aromatic rings. The second-order valence-corrected chi connectivity index (χ2v) is 5.72. The third-order valence-corrected chi connectivity index (χ3v) is 4.17. The molecule has 0 spiro atoms. The van der Waals surface area contributed by atoms with E-state index in [0.29, 0.717) is 16.1 Å². The molecule has 0 amide bonds. The average molecular weight is 273 g/mol. The van der Waals surface area contributed by atoms with Crippen LogP contribution in [0.3, 0.4) is 0 Å². The quantitative estimate of drug-likeness (QED) is 0.893. The summed E-state index contributed by atoms with van der Waals surface area (Å²) in [6.07, 6.45) is 1.03. The molecule has 94 valence electrons. The fourth-order valence-corrected chi connectivity index (χ4v) is 2.86. The predicted molar refractivity (Wildman–Crippen MR) is 73.6 cm³/mol. The van der Waals surface area contributed by atoms with Gasteiger partial charge in [0.15, 0.2) is 0 Å². The summed E-state index contributed by atoms with van der Waals surface area (Å²) in [5.74, 6) is 0. The van der Waals surface area contributed by atoms with Crippen molar-refractivity contribution in [3.63, 3.8) is 0 Å². The van der Waals surface area contributed by atoms with Gasteiger partial charge < -0.3 is 5.73 Å². The third-order valence-electron chi connectivity index (χ3n) is 3.43. The molecule has 0 saturated carbocycles. The van der Waals surface area contributed by atoms with Gasteiger partial charge in [0.25, 0.3) is 0 Å². The van der Waals surface area contributed by atoms with Crippen LogP contribution >= 0.6 is 23.2 Å². The molecule has 2 nitrogen and oxygen atoms in total. The van der Waals surface area contributed by atoms with E-state index in [2.05, 4.69) is 18.7 Å². The van der Waals surface area contributed by atoms with Gasteiger partial charge in [-0.2, -0.15) is 0 Å². The van der Waals surface area contributed by atoms with Gasteiger partial charge in [-0.1, -0.05) is 29.3 Å². The first-order chi connectivity index (χ1) is 8.00. The lowest BCUT2D eigenvalue weighted by atomic mass is 10.0. The summed E-state index contributed by atoms with van der Waals surface area (Å²) in [7, 11) is 0. The van der Waals surface area contributed by atoms with E-state index >= 15 is 0 Å². The molecule has 2 N–H and O–H groups in total. The number of nitrogens with zero attached hydrogens (tertiary/aromatic N) is 1. The molecule has 2 rings (SSSR count). The molecular formula is C13H18Cl2N2. The maximum atomic E-state index is 6.21. The molecule has 0 radical (unpaired) electrons. The van der Waals surface area contributed by atoms with Crippen molar-refractivity contribution in [2.45, 2.75) is 38.4 Å². The lowest BCUT2D eigenvalue weighted by Crippen LogP contribution is -2.35. The molecule has 0 aliphatic carbocycles. The number of halogens is 2. The molecule has 1 saturated heterocycles. The van der Waals surface area contributed by atoms with Gasteiger partial charge in [-0.3, -0.25) is 4.90 Å². The van der Waals surface area contributed by atoms with E-state index in [1.807, 2.05) is 18.2 Å². The largest absolute Gasteiger partial charge is 0.326 e. The van der Waals surface area contributed by atoms with Crippen LogP contribution in [0.1, 0.15) is 31.9 Å². The minimum atomic E-state index is 0.176. The predicted octanol–water partition coefficient (Wildman–Crippen LogP) is 3.48. The Bertz CT molecular complexity index is 406. The minimum absolute atomic E-state index is 0.176. The van der Waals surface area contributed by atoms with E-state index in [-0.39, 0.29) is 12.1 Å². The number of hydrogen-bond acceptors (Lipinski definition) is 2. The fourth-order valence-electron chi connectivity index (χ4n) is 2.56. The zero-order chi connectivity index (χ0) is 12.6. The summed E-state index contributed by atoms with van der Waals surface area (Å²) in [4.78, 5) is 2.42. The van der Waals surface area contributed by atoms with Crippen molar-refractivity contribution in [2.24, 2.45) is 5.73 Å². The topological polar surface area (TPSA) is 29.3 Å².